The fourth-order valence-electron chi connectivity index (χ4n) is 2.03. The van der Waals surface area contributed by atoms with E-state index in [0.717, 1.165) is 11.6 Å². The summed E-state index contributed by atoms with van der Waals surface area (Å²) >= 11 is 0. The molecule has 2 aromatic rings. The molecular weight excluding hydrogens is 194 g/mol. The molecule has 1 heteroatoms. The molecule has 1 heterocycles. The van der Waals surface area contributed by atoms with E-state index in [1.54, 1.807) is 0 Å². The molecule has 0 radical (unpaired) electrons. The summed E-state index contributed by atoms with van der Waals surface area (Å²) in [5.74, 6) is 0.818. The maximum absolute atomic E-state index is 4.35. The second-order valence-corrected chi connectivity index (χ2v) is 4.59. The molecule has 0 amide bonds. The summed E-state index contributed by atoms with van der Waals surface area (Å²) < 4.78 is 0. The first-order chi connectivity index (χ1) is 7.83. The Labute approximate surface area is 96.2 Å². The largest absolute Gasteiger partial charge is 0.261 e. The van der Waals surface area contributed by atoms with E-state index in [0.29, 0.717) is 0 Å². The van der Waals surface area contributed by atoms with Crippen LogP contribution in [0.4, 0.5) is 0 Å². The van der Waals surface area contributed by atoms with Crippen molar-refractivity contribution in [3.05, 3.63) is 53.9 Å². The van der Waals surface area contributed by atoms with Crippen LogP contribution in [0.3, 0.4) is 0 Å². The van der Waals surface area contributed by atoms with Gasteiger partial charge in [-0.15, -0.1) is 0 Å². The molecule has 1 aliphatic carbocycles. The van der Waals surface area contributed by atoms with Gasteiger partial charge in [0.25, 0.3) is 0 Å². The van der Waals surface area contributed by atoms with Crippen molar-refractivity contribution in [3.63, 3.8) is 0 Å². The third kappa shape index (κ3) is 1.85. The molecule has 0 unspecified atom stereocenters. The average Bonchev–Trinajstić information content (AvgIpc) is 3.14. The number of pyridine rings is 1. The molecule has 1 saturated carbocycles. The minimum atomic E-state index is 0.818. The Morgan fingerprint density at radius 1 is 1.06 bits per heavy atom. The molecule has 3 rings (SSSR count). The number of hydrogen-bond donors (Lipinski definition) is 0. The summed E-state index contributed by atoms with van der Waals surface area (Å²) in [6, 6.07) is 13.1. The van der Waals surface area contributed by atoms with Gasteiger partial charge in [0.05, 0.1) is 0 Å². The summed E-state index contributed by atoms with van der Waals surface area (Å²) in [6.45, 7) is 2.02. The molecule has 0 saturated heterocycles. The zero-order chi connectivity index (χ0) is 11.0. The minimum absolute atomic E-state index is 0.818. The van der Waals surface area contributed by atoms with E-state index < -0.39 is 0 Å². The third-order valence-corrected chi connectivity index (χ3v) is 3.18. The molecule has 0 atom stereocenters. The number of aryl methyl sites for hydroxylation is 1. The van der Waals surface area contributed by atoms with E-state index in [2.05, 4.69) is 41.4 Å². The van der Waals surface area contributed by atoms with Crippen molar-refractivity contribution >= 4 is 0 Å². The molecule has 0 bridgehead atoms. The summed E-state index contributed by atoms with van der Waals surface area (Å²) in [5.41, 5.74) is 5.06. The first-order valence-electron chi connectivity index (χ1n) is 5.86. The van der Waals surface area contributed by atoms with Crippen LogP contribution in [-0.4, -0.2) is 4.98 Å². The quantitative estimate of drug-likeness (QED) is 0.730. The zero-order valence-corrected chi connectivity index (χ0v) is 9.48. The Morgan fingerprint density at radius 3 is 2.62 bits per heavy atom. The molecule has 1 fully saturated rings. The number of rotatable bonds is 2. The van der Waals surface area contributed by atoms with Crippen molar-refractivity contribution in [2.24, 2.45) is 0 Å². The van der Waals surface area contributed by atoms with Gasteiger partial charge >= 0.3 is 0 Å². The van der Waals surface area contributed by atoms with Crippen molar-refractivity contribution in [2.75, 3.05) is 0 Å². The van der Waals surface area contributed by atoms with Gasteiger partial charge in [-0.1, -0.05) is 30.3 Å². The highest BCUT2D eigenvalue weighted by molar-refractivity contribution is 5.63. The van der Waals surface area contributed by atoms with Crippen LogP contribution >= 0.6 is 0 Å². The van der Waals surface area contributed by atoms with E-state index in [9.17, 15) is 0 Å². The smallest absolute Gasteiger partial charge is 0.0373 e. The highest BCUT2D eigenvalue weighted by atomic mass is 14.7. The van der Waals surface area contributed by atoms with E-state index in [1.807, 2.05) is 13.1 Å². The molecule has 1 nitrogen and oxygen atoms in total. The van der Waals surface area contributed by atoms with Gasteiger partial charge < -0.3 is 0 Å². The van der Waals surface area contributed by atoms with Gasteiger partial charge in [-0.25, -0.2) is 0 Å². The molecule has 0 spiro atoms. The van der Waals surface area contributed by atoms with E-state index in [4.69, 9.17) is 0 Å². The molecule has 0 aliphatic heterocycles. The van der Waals surface area contributed by atoms with Crippen molar-refractivity contribution < 1.29 is 0 Å². The van der Waals surface area contributed by atoms with Crippen LogP contribution in [0.5, 0.6) is 0 Å². The van der Waals surface area contributed by atoms with Crippen LogP contribution in [0, 0.1) is 6.92 Å². The number of nitrogens with zero attached hydrogens (tertiary/aromatic N) is 1. The first kappa shape index (κ1) is 9.59. The van der Waals surface area contributed by atoms with Crippen molar-refractivity contribution in [2.45, 2.75) is 25.7 Å². The van der Waals surface area contributed by atoms with Crippen LogP contribution in [0.2, 0.25) is 0 Å². The highest BCUT2D eigenvalue weighted by Gasteiger charge is 2.23. The Morgan fingerprint density at radius 2 is 1.94 bits per heavy atom. The van der Waals surface area contributed by atoms with Crippen LogP contribution < -0.4 is 0 Å². The summed E-state index contributed by atoms with van der Waals surface area (Å²) in [4.78, 5) is 4.35. The first-order valence-corrected chi connectivity index (χ1v) is 5.86. The van der Waals surface area contributed by atoms with Crippen LogP contribution in [0.1, 0.15) is 30.0 Å². The van der Waals surface area contributed by atoms with Gasteiger partial charge in [0.2, 0.25) is 0 Å². The molecule has 0 N–H and O–H groups in total. The van der Waals surface area contributed by atoms with E-state index >= 15 is 0 Å². The van der Waals surface area contributed by atoms with Gasteiger partial charge in [-0.3, -0.25) is 4.98 Å². The molecule has 1 aromatic carbocycles. The second kappa shape index (κ2) is 3.75. The zero-order valence-electron chi connectivity index (χ0n) is 9.48. The Bertz CT molecular complexity index is 495. The van der Waals surface area contributed by atoms with Crippen molar-refractivity contribution in [3.8, 4) is 11.1 Å². The maximum Gasteiger partial charge on any atom is 0.0373 e. The van der Waals surface area contributed by atoms with Crippen LogP contribution in [-0.2, 0) is 0 Å². The van der Waals surface area contributed by atoms with Gasteiger partial charge in [-0.2, -0.15) is 0 Å². The topological polar surface area (TPSA) is 12.9 Å². The third-order valence-electron chi connectivity index (χ3n) is 3.18. The SMILES string of the molecule is Cc1ccc(-c2cccc(C3CC3)c2)cn1. The normalized spacial score (nSPS) is 15.1. The van der Waals surface area contributed by atoms with Crippen LogP contribution in [0.25, 0.3) is 11.1 Å². The summed E-state index contributed by atoms with van der Waals surface area (Å²) in [7, 11) is 0. The maximum atomic E-state index is 4.35. The predicted octanol–water partition coefficient (Wildman–Crippen LogP) is 3.93. The number of hydrogen-bond acceptors (Lipinski definition) is 1. The molecule has 16 heavy (non-hydrogen) atoms. The lowest BCUT2D eigenvalue weighted by Gasteiger charge is -2.04. The average molecular weight is 209 g/mol. The monoisotopic (exact) mass is 209 g/mol. The fourth-order valence-corrected chi connectivity index (χ4v) is 2.03. The Balaban J connectivity index is 1.98. The molecule has 1 aromatic heterocycles. The van der Waals surface area contributed by atoms with E-state index in [-0.39, 0.29) is 0 Å². The van der Waals surface area contributed by atoms with E-state index in [1.165, 1.54) is 29.5 Å². The molecule has 1 aliphatic rings. The minimum Gasteiger partial charge on any atom is -0.261 e. The van der Waals surface area contributed by atoms with Crippen LogP contribution in [0.15, 0.2) is 42.6 Å². The lowest BCUT2D eigenvalue weighted by molar-refractivity contribution is 1.13. The van der Waals surface area contributed by atoms with Gasteiger partial charge in [0.15, 0.2) is 0 Å². The van der Waals surface area contributed by atoms with Gasteiger partial charge in [0, 0.05) is 17.5 Å². The summed E-state index contributed by atoms with van der Waals surface area (Å²) in [5, 5.41) is 0. The Kier molecular flexibility index (Phi) is 2.24. The second-order valence-electron chi connectivity index (χ2n) is 4.59. The lowest BCUT2D eigenvalue weighted by atomic mass is 10.0. The number of aromatic nitrogens is 1. The number of benzene rings is 1. The standard InChI is InChI=1S/C15H15N/c1-11-5-6-15(10-16-11)14-4-2-3-13(9-14)12-7-8-12/h2-6,9-10,12H,7-8H2,1H3. The molecular formula is C15H15N. The van der Waals surface area contributed by atoms with Gasteiger partial charge in [0.1, 0.15) is 0 Å². The van der Waals surface area contributed by atoms with Gasteiger partial charge in [-0.05, 0) is 42.9 Å². The predicted molar refractivity (Wildman–Crippen MR) is 66.4 cm³/mol. The summed E-state index contributed by atoms with van der Waals surface area (Å²) in [6.07, 6.45) is 4.67. The fraction of sp³-hybridized carbons (Fsp3) is 0.267. The lowest BCUT2D eigenvalue weighted by Crippen LogP contribution is -1.85. The Hall–Kier alpha value is -1.63. The van der Waals surface area contributed by atoms with Crippen molar-refractivity contribution in [1.82, 2.24) is 4.98 Å². The van der Waals surface area contributed by atoms with Crippen molar-refractivity contribution in [1.29, 1.82) is 0 Å². The molecule has 80 valence electrons. The highest BCUT2D eigenvalue weighted by Crippen LogP contribution is 2.40.